The van der Waals surface area contributed by atoms with Crippen LogP contribution in [-0.2, 0) is 38.2 Å². The van der Waals surface area contributed by atoms with E-state index in [4.69, 9.17) is 14.2 Å². The van der Waals surface area contributed by atoms with Crippen LogP contribution >= 0.6 is 0 Å². The second-order valence-corrected chi connectivity index (χ2v) is 16.4. The van der Waals surface area contributed by atoms with Gasteiger partial charge in [-0.2, -0.15) is 0 Å². The van der Waals surface area contributed by atoms with Gasteiger partial charge in [-0.05, 0) is 97.8 Å². The summed E-state index contributed by atoms with van der Waals surface area (Å²) in [7, 11) is 3.54. The Bertz CT molecular complexity index is 1390. The van der Waals surface area contributed by atoms with E-state index in [0.29, 0.717) is 18.3 Å². The Labute approximate surface area is 280 Å². The minimum absolute atomic E-state index is 0.0150. The first-order valence-corrected chi connectivity index (χ1v) is 17.5. The zero-order valence-corrected chi connectivity index (χ0v) is 29.9. The van der Waals surface area contributed by atoms with Crippen LogP contribution in [0.3, 0.4) is 0 Å². The zero-order valence-electron chi connectivity index (χ0n) is 29.9. The maximum atomic E-state index is 14.1. The molecular formula is C38H55NO8. The second kappa shape index (κ2) is 12.3. The number of Topliss-reactive ketones (excluding diaryl/α,β-unsaturated/α-hetero) is 1. The number of carbonyl (C=O) groups excluding carboxylic acids is 5. The minimum Gasteiger partial charge on any atom is -0.464 e. The van der Waals surface area contributed by atoms with Gasteiger partial charge in [0.15, 0.2) is 17.7 Å². The van der Waals surface area contributed by atoms with Crippen molar-refractivity contribution < 1.29 is 38.2 Å². The maximum absolute atomic E-state index is 14.1. The molecule has 0 radical (unpaired) electrons. The molecule has 0 saturated heterocycles. The molecule has 9 heteroatoms. The first-order chi connectivity index (χ1) is 21.8. The summed E-state index contributed by atoms with van der Waals surface area (Å²) in [6.07, 6.45) is 8.18. The molecule has 0 bridgehead atoms. The quantitative estimate of drug-likeness (QED) is 0.165. The molecule has 0 aromatic rings. The van der Waals surface area contributed by atoms with E-state index in [1.807, 2.05) is 13.0 Å². The molecule has 12 atom stereocenters. The lowest BCUT2D eigenvalue weighted by molar-refractivity contribution is -0.166. The molecule has 5 aliphatic rings. The minimum atomic E-state index is -1.13. The van der Waals surface area contributed by atoms with E-state index in [1.54, 1.807) is 25.9 Å². The predicted molar refractivity (Wildman–Crippen MR) is 176 cm³/mol. The Morgan fingerprint density at radius 3 is 2.34 bits per heavy atom. The third-order valence-corrected chi connectivity index (χ3v) is 13.8. The summed E-state index contributed by atoms with van der Waals surface area (Å²) in [5, 5.41) is 0. The number of nitrogens with zero attached hydrogens (tertiary/aromatic N) is 1. The number of ether oxygens (including phenoxy) is 3. The third-order valence-electron chi connectivity index (χ3n) is 13.8. The van der Waals surface area contributed by atoms with Crippen LogP contribution in [0.25, 0.3) is 0 Å². The number of hydrogen-bond donors (Lipinski definition) is 0. The van der Waals surface area contributed by atoms with Gasteiger partial charge in [-0.15, -0.1) is 0 Å². The largest absolute Gasteiger partial charge is 0.464 e. The molecule has 0 N–H and O–H groups in total. The molecule has 5 rings (SSSR count). The lowest BCUT2D eigenvalue weighted by atomic mass is 9.43. The molecule has 2 spiro atoms. The van der Waals surface area contributed by atoms with Gasteiger partial charge in [-0.1, -0.05) is 47.3 Å². The second-order valence-electron chi connectivity index (χ2n) is 16.4. The van der Waals surface area contributed by atoms with Gasteiger partial charge in [0.2, 0.25) is 0 Å². The summed E-state index contributed by atoms with van der Waals surface area (Å²) in [5.41, 5.74) is -0.121. The Hall–Kier alpha value is -2.81. The monoisotopic (exact) mass is 653 g/mol. The molecule has 4 fully saturated rings. The van der Waals surface area contributed by atoms with Crippen LogP contribution in [0.5, 0.6) is 0 Å². The fraction of sp³-hybridized carbons (Fsp3) is 0.763. The molecule has 0 aromatic carbocycles. The van der Waals surface area contributed by atoms with Crippen LogP contribution in [0.15, 0.2) is 24.3 Å². The topological polar surface area (TPSA) is 116 Å². The lowest BCUT2D eigenvalue weighted by Crippen LogP contribution is -2.56. The van der Waals surface area contributed by atoms with Gasteiger partial charge >= 0.3 is 17.9 Å². The van der Waals surface area contributed by atoms with Gasteiger partial charge < -0.3 is 14.2 Å². The van der Waals surface area contributed by atoms with E-state index in [0.717, 1.165) is 32.1 Å². The highest BCUT2D eigenvalue weighted by Gasteiger charge is 2.81. The number of likely N-dealkylation sites (N-methyl/N-ethyl adjacent to an activating group) is 1. The molecule has 0 amide bonds. The van der Waals surface area contributed by atoms with E-state index in [2.05, 4.69) is 33.4 Å². The fourth-order valence-corrected chi connectivity index (χ4v) is 11.5. The number of fused-ring (bicyclic) bond motifs is 2. The van der Waals surface area contributed by atoms with E-state index in [-0.39, 0.29) is 64.0 Å². The van der Waals surface area contributed by atoms with Gasteiger partial charge in [-0.3, -0.25) is 28.9 Å². The summed E-state index contributed by atoms with van der Waals surface area (Å²) in [6.45, 7) is 17.4. The number of esters is 3. The SMILES string of the molecule is C=C(C(=O)[C@H](OC(C)=O)[C@@H](C)[C@H]1[C@@H](OC(C)=O)C[C@@]2(C)C3CCC4[C@H](C)C(=O)C=C[C@@]45C[C@@]35CC[C@]12C)[C@@H](C)COC(=O)CN(C)C. The fourth-order valence-electron chi connectivity index (χ4n) is 11.5. The van der Waals surface area contributed by atoms with Crippen LogP contribution < -0.4 is 0 Å². The highest BCUT2D eigenvalue weighted by atomic mass is 16.6. The molecule has 2 unspecified atom stereocenters. The number of allylic oxidation sites excluding steroid dienone is 2. The first-order valence-electron chi connectivity index (χ1n) is 17.5. The molecule has 260 valence electrons. The molecule has 0 aliphatic heterocycles. The van der Waals surface area contributed by atoms with Crippen molar-refractivity contribution in [3.63, 3.8) is 0 Å². The van der Waals surface area contributed by atoms with Gasteiger partial charge in [-0.25, -0.2) is 0 Å². The summed E-state index contributed by atoms with van der Waals surface area (Å²) in [6, 6.07) is 0. The van der Waals surface area contributed by atoms with Crippen molar-refractivity contribution in [2.75, 3.05) is 27.2 Å². The molecule has 5 aliphatic carbocycles. The van der Waals surface area contributed by atoms with Crippen molar-refractivity contribution >= 4 is 29.5 Å². The Balaban J connectivity index is 1.45. The lowest BCUT2D eigenvalue weighted by Gasteiger charge is -2.61. The van der Waals surface area contributed by atoms with E-state index >= 15 is 0 Å². The molecule has 9 nitrogen and oxygen atoms in total. The van der Waals surface area contributed by atoms with Crippen LogP contribution in [-0.4, -0.2) is 73.8 Å². The van der Waals surface area contributed by atoms with Crippen LogP contribution in [0.4, 0.5) is 0 Å². The highest BCUT2D eigenvalue weighted by Crippen LogP contribution is 2.87. The van der Waals surface area contributed by atoms with Crippen molar-refractivity contribution in [2.24, 2.45) is 57.2 Å². The average molecular weight is 654 g/mol. The molecular weight excluding hydrogens is 598 g/mol. The van der Waals surface area contributed by atoms with E-state index in [9.17, 15) is 24.0 Å². The zero-order chi connectivity index (χ0) is 34.9. The van der Waals surface area contributed by atoms with Gasteiger partial charge in [0.1, 0.15) is 6.10 Å². The van der Waals surface area contributed by atoms with Crippen LogP contribution in [0.2, 0.25) is 0 Å². The van der Waals surface area contributed by atoms with E-state index < -0.39 is 41.8 Å². The number of rotatable bonds is 11. The molecule has 4 saturated carbocycles. The normalized spacial score (nSPS) is 40.1. The number of hydrogen-bond acceptors (Lipinski definition) is 9. The van der Waals surface area contributed by atoms with Crippen molar-refractivity contribution in [1.29, 1.82) is 0 Å². The summed E-state index contributed by atoms with van der Waals surface area (Å²) in [5.74, 6) is -1.94. The molecule has 47 heavy (non-hydrogen) atoms. The van der Waals surface area contributed by atoms with Crippen molar-refractivity contribution in [2.45, 2.75) is 99.2 Å². The number of carbonyl (C=O) groups is 5. The van der Waals surface area contributed by atoms with Crippen molar-refractivity contribution in [3.8, 4) is 0 Å². The summed E-state index contributed by atoms with van der Waals surface area (Å²) in [4.78, 5) is 65.8. The Morgan fingerprint density at radius 1 is 1.04 bits per heavy atom. The molecule has 0 aromatic heterocycles. The predicted octanol–water partition coefficient (Wildman–Crippen LogP) is 5.36. The van der Waals surface area contributed by atoms with Crippen molar-refractivity contribution in [3.05, 3.63) is 24.3 Å². The van der Waals surface area contributed by atoms with E-state index in [1.165, 1.54) is 13.8 Å². The van der Waals surface area contributed by atoms with Gasteiger partial charge in [0, 0.05) is 37.5 Å². The maximum Gasteiger partial charge on any atom is 0.320 e. The van der Waals surface area contributed by atoms with Gasteiger partial charge in [0.05, 0.1) is 13.2 Å². The smallest absolute Gasteiger partial charge is 0.320 e. The average Bonchev–Trinajstić information content (AvgIpc) is 3.59. The highest BCUT2D eigenvalue weighted by molar-refractivity contribution is 6.00. The third kappa shape index (κ3) is 5.52. The summed E-state index contributed by atoms with van der Waals surface area (Å²) >= 11 is 0. The van der Waals surface area contributed by atoms with Gasteiger partial charge in [0.25, 0.3) is 0 Å². The van der Waals surface area contributed by atoms with Crippen molar-refractivity contribution in [1.82, 2.24) is 4.90 Å². The molecule has 0 heterocycles. The first kappa shape index (κ1) is 35.5. The van der Waals surface area contributed by atoms with Crippen LogP contribution in [0, 0.1) is 57.2 Å². The van der Waals surface area contributed by atoms with Crippen LogP contribution in [0.1, 0.15) is 87.0 Å². The Kier molecular flexibility index (Phi) is 9.26. The standard InChI is InChI=1S/C38H55NO8/c1-21(19-45-31(43)18-39(9)10)22(2)33(44)34(47-26(6)41)24(4)32-29(46-25(5)40)17-36(8)30-12-11-27-23(3)28(42)13-14-37(27)20-38(30,37)16-15-35(32,36)7/h13-14,21,23-24,27,29-30,32,34H,2,11-12,15-20H2,1,3-10H3/t21-,23-,24-,27?,29-,30?,32-,34+,35+,36-,37+,38-/m0/s1. The summed E-state index contributed by atoms with van der Waals surface area (Å²) < 4.78 is 17.4. The number of ketones is 2. The Morgan fingerprint density at radius 2 is 1.72 bits per heavy atom.